The van der Waals surface area contributed by atoms with Gasteiger partial charge in [-0.25, -0.2) is 0 Å². The van der Waals surface area contributed by atoms with E-state index in [-0.39, 0.29) is 11.8 Å². The summed E-state index contributed by atoms with van der Waals surface area (Å²) in [6.45, 7) is 5.04. The zero-order valence-corrected chi connectivity index (χ0v) is 24.4. The van der Waals surface area contributed by atoms with E-state index in [1.54, 1.807) is 0 Å². The first-order valence-electron chi connectivity index (χ1n) is 15.5. The topological polar surface area (TPSA) is 43.9 Å². The van der Waals surface area contributed by atoms with Crippen LogP contribution in [-0.4, -0.2) is 66.3 Å². The van der Waals surface area contributed by atoms with Crippen molar-refractivity contribution in [2.75, 3.05) is 39.8 Å². The van der Waals surface area contributed by atoms with Crippen LogP contribution in [0.4, 0.5) is 0 Å². The fraction of sp³-hybridized carbons (Fsp3) is 0.444. The Labute approximate surface area is 245 Å². The molecule has 3 aromatic rings. The van der Waals surface area contributed by atoms with Gasteiger partial charge in [-0.2, -0.15) is 0 Å². The minimum absolute atomic E-state index is 0.216. The Balaban J connectivity index is 1.18. The second-order valence-electron chi connectivity index (χ2n) is 12.5. The first-order valence-corrected chi connectivity index (χ1v) is 15.5. The van der Waals surface area contributed by atoms with Crippen molar-refractivity contribution in [3.05, 3.63) is 108 Å². The first-order chi connectivity index (χ1) is 20.0. The van der Waals surface area contributed by atoms with Crippen LogP contribution >= 0.6 is 0 Å². The summed E-state index contributed by atoms with van der Waals surface area (Å²) in [5.41, 5.74) is 2.53. The summed E-state index contributed by atoms with van der Waals surface area (Å²) >= 11 is 0. The Kier molecular flexibility index (Phi) is 7.99. The van der Waals surface area contributed by atoms with Crippen molar-refractivity contribution in [2.45, 2.75) is 55.9 Å². The highest BCUT2D eigenvalue weighted by Gasteiger charge is 2.62. The van der Waals surface area contributed by atoms with Crippen LogP contribution in [-0.2, 0) is 27.0 Å². The number of piperidine rings is 2. The highest BCUT2D eigenvalue weighted by Crippen LogP contribution is 2.56. The van der Waals surface area contributed by atoms with Gasteiger partial charge >= 0.3 is 0 Å². The van der Waals surface area contributed by atoms with E-state index in [0.29, 0.717) is 12.5 Å². The van der Waals surface area contributed by atoms with E-state index in [9.17, 15) is 9.59 Å². The van der Waals surface area contributed by atoms with Gasteiger partial charge in [0.1, 0.15) is 0 Å². The normalized spacial score (nSPS) is 24.0. The summed E-state index contributed by atoms with van der Waals surface area (Å²) < 4.78 is 0. The zero-order chi connectivity index (χ0) is 28.3. The Morgan fingerprint density at radius 3 is 1.93 bits per heavy atom. The monoisotopic (exact) mass is 549 g/mol. The molecule has 6 rings (SSSR count). The van der Waals surface area contributed by atoms with Crippen molar-refractivity contribution < 1.29 is 9.59 Å². The average molecular weight is 550 g/mol. The summed E-state index contributed by atoms with van der Waals surface area (Å²) in [5, 5.41) is 0. The van der Waals surface area contributed by atoms with Crippen molar-refractivity contribution in [3.8, 4) is 0 Å². The second-order valence-corrected chi connectivity index (χ2v) is 12.5. The molecule has 1 aliphatic carbocycles. The molecule has 2 aliphatic heterocycles. The lowest BCUT2D eigenvalue weighted by Crippen LogP contribution is -2.54. The fourth-order valence-corrected chi connectivity index (χ4v) is 7.51. The van der Waals surface area contributed by atoms with E-state index >= 15 is 0 Å². The lowest BCUT2D eigenvalue weighted by Gasteiger charge is -2.44. The Morgan fingerprint density at radius 1 is 0.756 bits per heavy atom. The van der Waals surface area contributed by atoms with E-state index < -0.39 is 10.8 Å². The predicted octanol–water partition coefficient (Wildman–Crippen LogP) is 5.65. The van der Waals surface area contributed by atoms with Crippen molar-refractivity contribution >= 4 is 11.8 Å². The molecule has 3 aromatic carbocycles. The first kappa shape index (κ1) is 27.7. The minimum Gasteiger partial charge on any atom is -0.342 e. The van der Waals surface area contributed by atoms with Crippen LogP contribution in [0.3, 0.4) is 0 Å². The van der Waals surface area contributed by atoms with Crippen LogP contribution in [0.5, 0.6) is 0 Å². The molecular formula is C36H43N3O2. The molecular weight excluding hydrogens is 506 g/mol. The second kappa shape index (κ2) is 11.8. The number of hydrogen-bond donors (Lipinski definition) is 0. The molecule has 1 saturated carbocycles. The van der Waals surface area contributed by atoms with Gasteiger partial charge in [0.25, 0.3) is 0 Å². The Morgan fingerprint density at radius 2 is 1.32 bits per heavy atom. The summed E-state index contributed by atoms with van der Waals surface area (Å²) in [6, 6.07) is 31.1. The molecule has 5 heteroatoms. The third-order valence-electron chi connectivity index (χ3n) is 9.95. The highest BCUT2D eigenvalue weighted by atomic mass is 16.2. The standard InChI is InChI=1S/C36H43N3O2/c1-37(27-29-14-6-2-7-15-29)34(41)36(31-18-10-4-11-19-31)26-32(36)28-38-24-20-35(21-25-38,30-16-8-3-9-17-30)33(40)39-22-12-5-13-23-39/h2-4,6-11,14-19,32H,5,12-13,20-28H2,1H3. The van der Waals surface area contributed by atoms with Crippen LogP contribution in [0.15, 0.2) is 91.0 Å². The number of carbonyl (C=O) groups is 2. The van der Waals surface area contributed by atoms with Gasteiger partial charge in [0.05, 0.1) is 10.8 Å². The summed E-state index contributed by atoms with van der Waals surface area (Å²) in [6.07, 6.45) is 5.98. The molecule has 0 spiro atoms. The number of likely N-dealkylation sites (N-methyl/N-ethyl adjacent to an activating group) is 1. The SMILES string of the molecule is CN(Cc1ccccc1)C(=O)C1(c2ccccc2)CC1CN1CCC(C(=O)N2CCCCC2)(c2ccccc2)CC1. The number of likely N-dealkylation sites (tertiary alicyclic amines) is 2. The Hall–Kier alpha value is -3.44. The maximum absolute atomic E-state index is 14.1. The van der Waals surface area contributed by atoms with Crippen LogP contribution in [0.1, 0.15) is 55.2 Å². The van der Waals surface area contributed by atoms with Gasteiger partial charge < -0.3 is 14.7 Å². The third-order valence-corrected chi connectivity index (χ3v) is 9.95. The lowest BCUT2D eigenvalue weighted by molar-refractivity contribution is -0.140. The molecule has 214 valence electrons. The van der Waals surface area contributed by atoms with Gasteiger partial charge in [0.2, 0.25) is 11.8 Å². The molecule has 2 saturated heterocycles. The highest BCUT2D eigenvalue weighted by molar-refractivity contribution is 5.92. The molecule has 41 heavy (non-hydrogen) atoms. The fourth-order valence-electron chi connectivity index (χ4n) is 7.51. The van der Waals surface area contributed by atoms with Crippen molar-refractivity contribution in [2.24, 2.45) is 5.92 Å². The number of amides is 2. The smallest absolute Gasteiger partial charge is 0.233 e. The molecule has 2 atom stereocenters. The van der Waals surface area contributed by atoms with Crippen molar-refractivity contribution in [1.82, 2.24) is 14.7 Å². The molecule has 0 N–H and O–H groups in total. The summed E-state index contributed by atoms with van der Waals surface area (Å²) in [4.78, 5) is 34.7. The van der Waals surface area contributed by atoms with Crippen LogP contribution in [0, 0.1) is 5.92 Å². The molecule has 5 nitrogen and oxygen atoms in total. The van der Waals surface area contributed by atoms with E-state index in [1.165, 1.54) is 6.42 Å². The van der Waals surface area contributed by atoms with Gasteiger partial charge in [-0.1, -0.05) is 91.0 Å². The van der Waals surface area contributed by atoms with Crippen LogP contribution < -0.4 is 0 Å². The number of carbonyl (C=O) groups excluding carboxylic acids is 2. The molecule has 0 radical (unpaired) electrons. The number of nitrogens with zero attached hydrogens (tertiary/aromatic N) is 3. The van der Waals surface area contributed by atoms with Gasteiger partial charge in [-0.3, -0.25) is 9.59 Å². The molecule has 2 heterocycles. The summed E-state index contributed by atoms with van der Waals surface area (Å²) in [7, 11) is 1.94. The van der Waals surface area contributed by atoms with Gasteiger partial charge in [-0.15, -0.1) is 0 Å². The third kappa shape index (κ3) is 5.44. The quantitative estimate of drug-likeness (QED) is 0.365. The number of rotatable bonds is 8. The maximum atomic E-state index is 14.1. The molecule has 2 amide bonds. The molecule has 3 fully saturated rings. The molecule has 3 aliphatic rings. The van der Waals surface area contributed by atoms with Gasteiger partial charge in [0, 0.05) is 33.2 Å². The van der Waals surface area contributed by atoms with E-state index in [0.717, 1.165) is 81.5 Å². The van der Waals surface area contributed by atoms with Crippen LogP contribution in [0.2, 0.25) is 0 Å². The molecule has 0 aromatic heterocycles. The van der Waals surface area contributed by atoms with Crippen molar-refractivity contribution in [3.63, 3.8) is 0 Å². The van der Waals surface area contributed by atoms with E-state index in [2.05, 4.69) is 70.5 Å². The minimum atomic E-state index is -0.470. The van der Waals surface area contributed by atoms with Gasteiger partial charge in [0.15, 0.2) is 0 Å². The van der Waals surface area contributed by atoms with E-state index in [4.69, 9.17) is 0 Å². The Bertz CT molecular complexity index is 1310. The number of hydrogen-bond acceptors (Lipinski definition) is 3. The summed E-state index contributed by atoms with van der Waals surface area (Å²) in [5.74, 6) is 0.817. The van der Waals surface area contributed by atoms with Crippen LogP contribution in [0.25, 0.3) is 0 Å². The van der Waals surface area contributed by atoms with Crippen molar-refractivity contribution in [1.29, 1.82) is 0 Å². The lowest BCUT2D eigenvalue weighted by atomic mass is 9.71. The number of benzene rings is 3. The molecule has 2 unspecified atom stereocenters. The average Bonchev–Trinajstić information content (AvgIpc) is 3.77. The van der Waals surface area contributed by atoms with E-state index in [1.807, 2.05) is 42.3 Å². The molecule has 0 bridgehead atoms. The maximum Gasteiger partial charge on any atom is 0.233 e. The predicted molar refractivity (Wildman–Crippen MR) is 163 cm³/mol. The zero-order valence-electron chi connectivity index (χ0n) is 24.4. The largest absolute Gasteiger partial charge is 0.342 e. The van der Waals surface area contributed by atoms with Gasteiger partial charge in [-0.05, 0) is 74.2 Å².